The number of carbonyl (C=O) groups excluding carboxylic acids is 1. The quantitative estimate of drug-likeness (QED) is 0.629. The van der Waals surface area contributed by atoms with Crippen molar-refractivity contribution in [3.05, 3.63) is 60.2 Å². The van der Waals surface area contributed by atoms with Crippen LogP contribution in [0.3, 0.4) is 0 Å². The number of hydrogen-bond acceptors (Lipinski definition) is 4. The van der Waals surface area contributed by atoms with Crippen LogP contribution in [0.1, 0.15) is 19.4 Å². The van der Waals surface area contributed by atoms with E-state index in [1.54, 1.807) is 13.1 Å². The van der Waals surface area contributed by atoms with Gasteiger partial charge in [0, 0.05) is 5.69 Å². The number of hydrogen-bond donors (Lipinski definition) is 1. The number of amides is 1. The molecule has 0 aromatic heterocycles. The molecule has 0 saturated heterocycles. The summed E-state index contributed by atoms with van der Waals surface area (Å²) in [7, 11) is 0. The van der Waals surface area contributed by atoms with Gasteiger partial charge in [0.05, 0.1) is 12.8 Å². The molecule has 5 nitrogen and oxygen atoms in total. The fraction of sp³-hybridized carbons (Fsp3) is 0.222. The number of carbonyl (C=O) groups is 1. The molecule has 0 unspecified atom stereocenters. The van der Waals surface area contributed by atoms with Gasteiger partial charge in [0.25, 0.3) is 5.91 Å². The Morgan fingerprint density at radius 2 is 1.87 bits per heavy atom. The van der Waals surface area contributed by atoms with E-state index in [1.165, 1.54) is 0 Å². The molecule has 0 aliphatic carbocycles. The number of benzene rings is 2. The molecule has 2 aromatic rings. The normalized spacial score (nSPS) is 11.9. The molecule has 0 aliphatic rings. The summed E-state index contributed by atoms with van der Waals surface area (Å²) in [6.07, 6.45) is 0.872. The highest BCUT2D eigenvalue weighted by Crippen LogP contribution is 2.11. The van der Waals surface area contributed by atoms with Crippen LogP contribution in [-0.2, 0) is 9.63 Å². The summed E-state index contributed by atoms with van der Waals surface area (Å²) >= 11 is 0. The van der Waals surface area contributed by atoms with E-state index in [1.807, 2.05) is 61.5 Å². The molecule has 23 heavy (non-hydrogen) atoms. The molecule has 0 saturated carbocycles. The predicted molar refractivity (Wildman–Crippen MR) is 90.8 cm³/mol. The molecule has 0 radical (unpaired) electrons. The second-order valence-electron chi connectivity index (χ2n) is 4.84. The van der Waals surface area contributed by atoms with Crippen LogP contribution in [-0.4, -0.2) is 24.8 Å². The third kappa shape index (κ3) is 5.47. The van der Waals surface area contributed by atoms with Gasteiger partial charge in [-0.25, -0.2) is 0 Å². The minimum atomic E-state index is -0.686. The lowest BCUT2D eigenvalue weighted by Crippen LogP contribution is -2.26. The van der Waals surface area contributed by atoms with E-state index in [-0.39, 0.29) is 5.91 Å². The number of nitrogens with zero attached hydrogens (tertiary/aromatic N) is 1. The van der Waals surface area contributed by atoms with Crippen molar-refractivity contribution in [2.45, 2.75) is 20.0 Å². The van der Waals surface area contributed by atoms with Crippen molar-refractivity contribution >= 4 is 17.8 Å². The summed E-state index contributed by atoms with van der Waals surface area (Å²) in [5, 5.41) is 6.61. The van der Waals surface area contributed by atoms with E-state index >= 15 is 0 Å². The summed E-state index contributed by atoms with van der Waals surface area (Å²) in [5.74, 6) is 0.557. The molecule has 1 atom stereocenters. The van der Waals surface area contributed by atoms with Crippen LogP contribution < -0.4 is 10.1 Å². The average Bonchev–Trinajstić information content (AvgIpc) is 2.57. The second-order valence-corrected chi connectivity index (χ2v) is 4.84. The van der Waals surface area contributed by atoms with Gasteiger partial charge < -0.3 is 14.9 Å². The van der Waals surface area contributed by atoms with E-state index in [0.717, 1.165) is 17.0 Å². The first-order valence-corrected chi connectivity index (χ1v) is 7.47. The lowest BCUT2D eigenvalue weighted by atomic mass is 10.2. The summed E-state index contributed by atoms with van der Waals surface area (Å²) in [4.78, 5) is 17.1. The largest absolute Gasteiger partial charge is 0.494 e. The van der Waals surface area contributed by atoms with Crippen molar-refractivity contribution in [1.29, 1.82) is 0 Å². The average molecular weight is 312 g/mol. The van der Waals surface area contributed by atoms with E-state index in [2.05, 4.69) is 10.5 Å². The molecule has 0 heterocycles. The monoisotopic (exact) mass is 312 g/mol. The lowest BCUT2D eigenvalue weighted by molar-refractivity contribution is -0.126. The summed E-state index contributed by atoms with van der Waals surface area (Å²) in [5.41, 5.74) is 1.59. The van der Waals surface area contributed by atoms with Crippen molar-refractivity contribution < 1.29 is 14.4 Å². The molecule has 120 valence electrons. The molecule has 5 heteroatoms. The number of anilines is 1. The fourth-order valence-corrected chi connectivity index (χ4v) is 1.81. The first-order valence-electron chi connectivity index (χ1n) is 7.47. The maximum Gasteiger partial charge on any atom is 0.267 e. The number of rotatable bonds is 7. The van der Waals surface area contributed by atoms with Crippen LogP contribution in [0.5, 0.6) is 5.75 Å². The molecule has 2 rings (SSSR count). The van der Waals surface area contributed by atoms with Crippen LogP contribution >= 0.6 is 0 Å². The first kappa shape index (κ1) is 16.5. The Bertz CT molecular complexity index is 639. The van der Waals surface area contributed by atoms with Crippen molar-refractivity contribution in [2.24, 2.45) is 5.16 Å². The third-order valence-electron chi connectivity index (χ3n) is 3.02. The van der Waals surface area contributed by atoms with E-state index in [9.17, 15) is 4.79 Å². The summed E-state index contributed by atoms with van der Waals surface area (Å²) in [6, 6.07) is 16.7. The molecule has 1 amide bonds. The predicted octanol–water partition coefficient (Wildman–Crippen LogP) is 3.46. The number of oxime groups is 1. The smallest absolute Gasteiger partial charge is 0.267 e. The van der Waals surface area contributed by atoms with E-state index in [0.29, 0.717) is 6.61 Å². The number of ether oxygens (including phenoxy) is 1. The van der Waals surface area contributed by atoms with Gasteiger partial charge in [-0.15, -0.1) is 0 Å². The zero-order valence-corrected chi connectivity index (χ0v) is 13.2. The molecular weight excluding hydrogens is 292 g/mol. The minimum absolute atomic E-state index is 0.250. The van der Waals surface area contributed by atoms with Gasteiger partial charge in [0.1, 0.15) is 5.75 Å². The van der Waals surface area contributed by atoms with E-state index in [4.69, 9.17) is 9.57 Å². The van der Waals surface area contributed by atoms with Crippen LogP contribution in [0.15, 0.2) is 59.8 Å². The zero-order valence-electron chi connectivity index (χ0n) is 13.2. The topological polar surface area (TPSA) is 59.9 Å². The first-order chi connectivity index (χ1) is 11.2. The summed E-state index contributed by atoms with van der Waals surface area (Å²) in [6.45, 7) is 4.21. The third-order valence-corrected chi connectivity index (χ3v) is 3.02. The molecule has 2 aromatic carbocycles. The molecule has 0 bridgehead atoms. The highest BCUT2D eigenvalue weighted by atomic mass is 16.6. The highest BCUT2D eigenvalue weighted by Gasteiger charge is 2.13. The van der Waals surface area contributed by atoms with Crippen LogP contribution in [0.2, 0.25) is 0 Å². The van der Waals surface area contributed by atoms with Gasteiger partial charge in [-0.05, 0) is 55.8 Å². The Hall–Kier alpha value is -2.82. The molecular formula is C18H20N2O3. The Kier molecular flexibility index (Phi) is 6.17. The van der Waals surface area contributed by atoms with Crippen LogP contribution in [0.25, 0.3) is 0 Å². The van der Waals surface area contributed by atoms with Crippen molar-refractivity contribution in [3.8, 4) is 5.75 Å². The Balaban J connectivity index is 1.83. The summed E-state index contributed by atoms with van der Waals surface area (Å²) < 4.78 is 5.36. The second kappa shape index (κ2) is 8.58. The standard InChI is InChI=1S/C18H20N2O3/c1-3-22-17-11-9-15(10-12-17)13-19-23-14(2)18(21)20-16-7-5-4-6-8-16/h4-14H,3H2,1-2H3,(H,20,21)/b19-13-/t14-/m1/s1. The maximum absolute atomic E-state index is 11.9. The fourth-order valence-electron chi connectivity index (χ4n) is 1.81. The minimum Gasteiger partial charge on any atom is -0.494 e. The van der Waals surface area contributed by atoms with Crippen molar-refractivity contribution in [3.63, 3.8) is 0 Å². The van der Waals surface area contributed by atoms with Crippen molar-refractivity contribution in [1.82, 2.24) is 0 Å². The molecule has 0 fully saturated rings. The molecule has 0 aliphatic heterocycles. The van der Waals surface area contributed by atoms with Gasteiger partial charge >= 0.3 is 0 Å². The number of nitrogens with one attached hydrogen (secondary N) is 1. The van der Waals surface area contributed by atoms with E-state index < -0.39 is 6.10 Å². The Labute approximate surface area is 135 Å². The Morgan fingerprint density at radius 1 is 1.17 bits per heavy atom. The van der Waals surface area contributed by atoms with Crippen molar-refractivity contribution in [2.75, 3.05) is 11.9 Å². The molecule has 0 spiro atoms. The Morgan fingerprint density at radius 3 is 2.52 bits per heavy atom. The highest BCUT2D eigenvalue weighted by molar-refractivity contribution is 5.93. The van der Waals surface area contributed by atoms with Gasteiger partial charge in [-0.3, -0.25) is 4.79 Å². The number of para-hydroxylation sites is 1. The molecule has 1 N–H and O–H groups in total. The van der Waals surface area contributed by atoms with Gasteiger partial charge in [0.15, 0.2) is 0 Å². The SMILES string of the molecule is CCOc1ccc(/C=N\O[C@H](C)C(=O)Nc2ccccc2)cc1. The van der Waals surface area contributed by atoms with Gasteiger partial charge in [0.2, 0.25) is 6.10 Å². The van der Waals surface area contributed by atoms with Gasteiger partial charge in [-0.1, -0.05) is 23.4 Å². The van der Waals surface area contributed by atoms with Crippen LogP contribution in [0.4, 0.5) is 5.69 Å². The van der Waals surface area contributed by atoms with Crippen LogP contribution in [0, 0.1) is 0 Å². The maximum atomic E-state index is 11.9. The van der Waals surface area contributed by atoms with Gasteiger partial charge in [-0.2, -0.15) is 0 Å². The zero-order chi connectivity index (χ0) is 16.5. The lowest BCUT2D eigenvalue weighted by Gasteiger charge is -2.10.